The van der Waals surface area contributed by atoms with E-state index in [2.05, 4.69) is 9.62 Å². The van der Waals surface area contributed by atoms with E-state index in [1.54, 1.807) is 6.07 Å². The molecule has 0 atom stereocenters. The SMILES string of the molecule is Cc1ccc(S(=O)(=O)NCCCN(C)c2ccccc2)c(C)c1. The Morgan fingerprint density at radius 3 is 2.39 bits per heavy atom. The lowest BCUT2D eigenvalue weighted by Gasteiger charge is -2.19. The van der Waals surface area contributed by atoms with Gasteiger partial charge in [-0.05, 0) is 44.0 Å². The van der Waals surface area contributed by atoms with Gasteiger partial charge >= 0.3 is 0 Å². The van der Waals surface area contributed by atoms with Gasteiger partial charge in [-0.2, -0.15) is 0 Å². The van der Waals surface area contributed by atoms with Crippen LogP contribution >= 0.6 is 0 Å². The first-order chi connectivity index (χ1) is 10.9. The number of aryl methyl sites for hydroxylation is 2. The van der Waals surface area contributed by atoms with Crippen LogP contribution < -0.4 is 9.62 Å². The summed E-state index contributed by atoms with van der Waals surface area (Å²) in [7, 11) is -1.43. The Morgan fingerprint density at radius 2 is 1.74 bits per heavy atom. The highest BCUT2D eigenvalue weighted by molar-refractivity contribution is 7.89. The summed E-state index contributed by atoms with van der Waals surface area (Å²) in [6.45, 7) is 4.99. The average Bonchev–Trinajstić information content (AvgIpc) is 2.52. The number of nitrogens with zero attached hydrogens (tertiary/aromatic N) is 1. The van der Waals surface area contributed by atoms with Gasteiger partial charge in [-0.3, -0.25) is 0 Å². The van der Waals surface area contributed by atoms with Crippen LogP contribution in [-0.2, 0) is 10.0 Å². The Kier molecular flexibility index (Phi) is 5.80. The molecule has 0 aromatic heterocycles. The van der Waals surface area contributed by atoms with Crippen LogP contribution in [0.4, 0.5) is 5.69 Å². The van der Waals surface area contributed by atoms with Crippen molar-refractivity contribution in [2.24, 2.45) is 0 Å². The first-order valence-electron chi connectivity index (χ1n) is 7.73. The Morgan fingerprint density at radius 1 is 1.04 bits per heavy atom. The first kappa shape index (κ1) is 17.5. The summed E-state index contributed by atoms with van der Waals surface area (Å²) in [4.78, 5) is 2.48. The standard InChI is InChI=1S/C18H24N2O2S/c1-15-10-11-18(16(2)14-15)23(21,22)19-12-7-13-20(3)17-8-5-4-6-9-17/h4-6,8-11,14,19H,7,12-13H2,1-3H3. The van der Waals surface area contributed by atoms with Gasteiger partial charge in [-0.15, -0.1) is 0 Å². The van der Waals surface area contributed by atoms with Crippen molar-refractivity contribution in [3.63, 3.8) is 0 Å². The highest BCUT2D eigenvalue weighted by atomic mass is 32.2. The minimum absolute atomic E-state index is 0.361. The number of benzene rings is 2. The van der Waals surface area contributed by atoms with Crippen LogP contribution in [0.15, 0.2) is 53.4 Å². The fourth-order valence-corrected chi connectivity index (χ4v) is 3.81. The van der Waals surface area contributed by atoms with E-state index in [9.17, 15) is 8.42 Å². The molecule has 2 aromatic carbocycles. The summed E-state index contributed by atoms with van der Waals surface area (Å²) in [5.74, 6) is 0. The predicted octanol–water partition coefficient (Wildman–Crippen LogP) is 3.11. The molecule has 0 saturated heterocycles. The molecule has 0 amide bonds. The molecule has 2 rings (SSSR count). The van der Waals surface area contributed by atoms with E-state index in [0.717, 1.165) is 29.8 Å². The first-order valence-corrected chi connectivity index (χ1v) is 9.21. The molecule has 5 heteroatoms. The lowest BCUT2D eigenvalue weighted by Crippen LogP contribution is -2.28. The van der Waals surface area contributed by atoms with Gasteiger partial charge in [0.1, 0.15) is 0 Å². The molecule has 0 aliphatic carbocycles. The Balaban J connectivity index is 1.88. The zero-order chi connectivity index (χ0) is 16.9. The molecule has 0 spiro atoms. The van der Waals surface area contributed by atoms with Crippen LogP contribution in [-0.4, -0.2) is 28.6 Å². The predicted molar refractivity (Wildman–Crippen MR) is 95.4 cm³/mol. The van der Waals surface area contributed by atoms with E-state index in [0.29, 0.717) is 11.4 Å². The fraction of sp³-hybridized carbons (Fsp3) is 0.333. The fourth-order valence-electron chi connectivity index (χ4n) is 2.51. The van der Waals surface area contributed by atoms with Gasteiger partial charge in [0.2, 0.25) is 10.0 Å². The molecule has 0 fully saturated rings. The average molecular weight is 332 g/mol. The highest BCUT2D eigenvalue weighted by Gasteiger charge is 2.15. The van der Waals surface area contributed by atoms with Gasteiger partial charge in [0.05, 0.1) is 4.90 Å². The third-order valence-electron chi connectivity index (χ3n) is 3.78. The van der Waals surface area contributed by atoms with Gasteiger partial charge in [0.25, 0.3) is 0 Å². The van der Waals surface area contributed by atoms with Crippen molar-refractivity contribution >= 4 is 15.7 Å². The van der Waals surface area contributed by atoms with E-state index < -0.39 is 10.0 Å². The molecule has 1 N–H and O–H groups in total. The summed E-state index contributed by atoms with van der Waals surface area (Å²) in [5, 5.41) is 0. The zero-order valence-corrected chi connectivity index (χ0v) is 14.7. The van der Waals surface area contributed by atoms with Crippen molar-refractivity contribution < 1.29 is 8.42 Å². The molecule has 0 radical (unpaired) electrons. The number of hydrogen-bond donors (Lipinski definition) is 1. The quantitative estimate of drug-likeness (QED) is 0.793. The number of anilines is 1. The van der Waals surface area contributed by atoms with Gasteiger partial charge in [0.15, 0.2) is 0 Å². The van der Waals surface area contributed by atoms with Crippen molar-refractivity contribution in [1.29, 1.82) is 0 Å². The molecule has 0 unspecified atom stereocenters. The third-order valence-corrected chi connectivity index (χ3v) is 5.40. The summed E-state index contributed by atoms with van der Waals surface area (Å²) in [6, 6.07) is 15.4. The van der Waals surface area contributed by atoms with E-state index in [1.807, 2.05) is 63.4 Å². The monoisotopic (exact) mass is 332 g/mol. The second-order valence-corrected chi connectivity index (χ2v) is 7.51. The molecular weight excluding hydrogens is 308 g/mol. The van der Waals surface area contributed by atoms with Gasteiger partial charge in [-0.25, -0.2) is 13.1 Å². The summed E-state index contributed by atoms with van der Waals surface area (Å²) in [5.41, 5.74) is 2.97. The molecule has 0 bridgehead atoms. The van der Waals surface area contributed by atoms with Gasteiger partial charge < -0.3 is 4.90 Å². The Hall–Kier alpha value is -1.85. The molecule has 4 nitrogen and oxygen atoms in total. The van der Waals surface area contributed by atoms with Crippen molar-refractivity contribution in [2.75, 3.05) is 25.0 Å². The zero-order valence-electron chi connectivity index (χ0n) is 13.9. The molecule has 124 valence electrons. The van der Waals surface area contributed by atoms with Crippen molar-refractivity contribution in [3.8, 4) is 0 Å². The molecule has 0 heterocycles. The van der Waals surface area contributed by atoms with E-state index in [1.165, 1.54) is 0 Å². The van der Waals surface area contributed by atoms with Crippen LogP contribution in [0.5, 0.6) is 0 Å². The van der Waals surface area contributed by atoms with Gasteiger partial charge in [0, 0.05) is 25.8 Å². The normalized spacial score (nSPS) is 11.4. The van der Waals surface area contributed by atoms with Crippen molar-refractivity contribution in [3.05, 3.63) is 59.7 Å². The summed E-state index contributed by atoms with van der Waals surface area (Å²) < 4.78 is 27.4. The number of para-hydroxylation sites is 1. The number of hydrogen-bond acceptors (Lipinski definition) is 3. The van der Waals surface area contributed by atoms with Crippen LogP contribution in [0.2, 0.25) is 0 Å². The lowest BCUT2D eigenvalue weighted by molar-refractivity contribution is 0.578. The third kappa shape index (κ3) is 4.81. The van der Waals surface area contributed by atoms with E-state index in [4.69, 9.17) is 0 Å². The maximum atomic E-state index is 12.4. The molecule has 0 aliphatic heterocycles. The minimum atomic E-state index is -3.44. The maximum Gasteiger partial charge on any atom is 0.240 e. The summed E-state index contributed by atoms with van der Waals surface area (Å²) in [6.07, 6.45) is 0.746. The van der Waals surface area contributed by atoms with Crippen LogP contribution in [0.3, 0.4) is 0 Å². The van der Waals surface area contributed by atoms with E-state index in [-0.39, 0.29) is 0 Å². The Labute approximate surface area is 139 Å². The van der Waals surface area contributed by atoms with Crippen molar-refractivity contribution in [2.45, 2.75) is 25.2 Å². The highest BCUT2D eigenvalue weighted by Crippen LogP contribution is 2.16. The molecule has 0 saturated carbocycles. The van der Waals surface area contributed by atoms with Crippen LogP contribution in [0.25, 0.3) is 0 Å². The maximum absolute atomic E-state index is 12.4. The van der Waals surface area contributed by atoms with Crippen molar-refractivity contribution in [1.82, 2.24) is 4.72 Å². The van der Waals surface area contributed by atoms with E-state index >= 15 is 0 Å². The van der Waals surface area contributed by atoms with Crippen LogP contribution in [0.1, 0.15) is 17.5 Å². The molecular formula is C18H24N2O2S. The summed E-state index contributed by atoms with van der Waals surface area (Å²) >= 11 is 0. The molecule has 23 heavy (non-hydrogen) atoms. The number of rotatable bonds is 7. The van der Waals surface area contributed by atoms with Crippen LogP contribution in [0, 0.1) is 13.8 Å². The molecule has 0 aliphatic rings. The minimum Gasteiger partial charge on any atom is -0.375 e. The second-order valence-electron chi connectivity index (χ2n) is 5.78. The molecule has 2 aromatic rings. The topological polar surface area (TPSA) is 49.4 Å². The number of nitrogens with one attached hydrogen (secondary N) is 1. The smallest absolute Gasteiger partial charge is 0.240 e. The second kappa shape index (κ2) is 7.62. The number of sulfonamides is 1. The Bertz CT molecular complexity index is 743. The largest absolute Gasteiger partial charge is 0.375 e. The van der Waals surface area contributed by atoms with Gasteiger partial charge in [-0.1, -0.05) is 35.9 Å². The lowest BCUT2D eigenvalue weighted by atomic mass is 10.2.